The Labute approximate surface area is 149 Å². The third kappa shape index (κ3) is 4.02. The second-order valence-corrected chi connectivity index (χ2v) is 6.48. The third-order valence-electron chi connectivity index (χ3n) is 4.75. The highest BCUT2D eigenvalue weighted by molar-refractivity contribution is 5.43. The van der Waals surface area contributed by atoms with Crippen molar-refractivity contribution in [1.29, 1.82) is 0 Å². The van der Waals surface area contributed by atoms with Gasteiger partial charge in [-0.15, -0.1) is 0 Å². The van der Waals surface area contributed by atoms with Crippen LogP contribution in [-0.4, -0.2) is 55.3 Å². The van der Waals surface area contributed by atoms with Crippen molar-refractivity contribution in [3.8, 4) is 11.5 Å². The van der Waals surface area contributed by atoms with E-state index in [0.29, 0.717) is 6.04 Å². The fraction of sp³-hybridized carbons (Fsp3) is 0.474. The molecule has 6 heteroatoms. The van der Waals surface area contributed by atoms with E-state index in [4.69, 9.17) is 9.47 Å². The Morgan fingerprint density at radius 1 is 1.20 bits per heavy atom. The van der Waals surface area contributed by atoms with E-state index in [9.17, 15) is 0 Å². The quantitative estimate of drug-likeness (QED) is 0.804. The molecular weight excluding hydrogens is 316 g/mol. The van der Waals surface area contributed by atoms with Crippen molar-refractivity contribution in [2.45, 2.75) is 25.9 Å². The smallest absolute Gasteiger partial charge is 0.225 e. The molecule has 0 spiro atoms. The molecule has 6 nitrogen and oxygen atoms in total. The summed E-state index contributed by atoms with van der Waals surface area (Å²) in [5, 5.41) is 0. The number of likely N-dealkylation sites (tertiary alicyclic amines) is 1. The van der Waals surface area contributed by atoms with Crippen LogP contribution in [0.1, 0.15) is 17.7 Å². The van der Waals surface area contributed by atoms with Gasteiger partial charge in [0.15, 0.2) is 11.5 Å². The zero-order chi connectivity index (χ0) is 17.8. The number of aryl methyl sites for hydroxylation is 1. The van der Waals surface area contributed by atoms with Gasteiger partial charge in [-0.3, -0.25) is 4.90 Å². The van der Waals surface area contributed by atoms with E-state index in [1.165, 1.54) is 5.56 Å². The molecule has 1 aromatic carbocycles. The molecule has 2 aromatic rings. The first-order chi connectivity index (χ1) is 12.1. The molecule has 0 bridgehead atoms. The highest BCUT2D eigenvalue weighted by Crippen LogP contribution is 2.29. The first-order valence-electron chi connectivity index (χ1n) is 8.56. The van der Waals surface area contributed by atoms with Gasteiger partial charge in [0, 0.05) is 44.6 Å². The van der Waals surface area contributed by atoms with Gasteiger partial charge in [0.05, 0.1) is 14.2 Å². The van der Waals surface area contributed by atoms with E-state index in [0.717, 1.165) is 49.2 Å². The Bertz CT molecular complexity index is 722. The van der Waals surface area contributed by atoms with Crippen molar-refractivity contribution in [3.63, 3.8) is 0 Å². The van der Waals surface area contributed by atoms with Crippen LogP contribution in [0.3, 0.4) is 0 Å². The lowest BCUT2D eigenvalue weighted by molar-refractivity contribution is 0.322. The van der Waals surface area contributed by atoms with Gasteiger partial charge in [-0.25, -0.2) is 9.97 Å². The number of hydrogen-bond donors (Lipinski definition) is 0. The molecule has 134 valence electrons. The highest BCUT2D eigenvalue weighted by atomic mass is 16.5. The fourth-order valence-electron chi connectivity index (χ4n) is 3.28. The standard InChI is InChI=1S/C19H26N4O2/c1-14-7-9-20-19(21-14)22(2)16-8-10-23(13-16)12-15-5-6-17(24-3)18(11-15)25-4/h5-7,9,11,16H,8,10,12-13H2,1-4H3. The Morgan fingerprint density at radius 2 is 2.00 bits per heavy atom. The zero-order valence-electron chi connectivity index (χ0n) is 15.4. The summed E-state index contributed by atoms with van der Waals surface area (Å²) in [4.78, 5) is 13.6. The number of rotatable bonds is 6. The topological polar surface area (TPSA) is 50.7 Å². The molecule has 0 saturated carbocycles. The van der Waals surface area contributed by atoms with Crippen LogP contribution in [0.2, 0.25) is 0 Å². The molecule has 25 heavy (non-hydrogen) atoms. The van der Waals surface area contributed by atoms with E-state index in [2.05, 4.69) is 38.9 Å². The average Bonchev–Trinajstić information content (AvgIpc) is 3.09. The van der Waals surface area contributed by atoms with Gasteiger partial charge in [0.25, 0.3) is 0 Å². The van der Waals surface area contributed by atoms with Gasteiger partial charge in [-0.2, -0.15) is 0 Å². The first-order valence-corrected chi connectivity index (χ1v) is 8.56. The minimum absolute atomic E-state index is 0.432. The van der Waals surface area contributed by atoms with E-state index in [1.807, 2.05) is 25.3 Å². The SMILES string of the molecule is COc1ccc(CN2CCC(N(C)c3nccc(C)n3)C2)cc1OC. The Kier molecular flexibility index (Phi) is 5.38. The largest absolute Gasteiger partial charge is 0.493 e. The number of likely N-dealkylation sites (N-methyl/N-ethyl adjacent to an activating group) is 1. The third-order valence-corrected chi connectivity index (χ3v) is 4.75. The van der Waals surface area contributed by atoms with Crippen LogP contribution >= 0.6 is 0 Å². The van der Waals surface area contributed by atoms with Crippen LogP contribution in [0.25, 0.3) is 0 Å². The predicted octanol–water partition coefficient (Wildman–Crippen LogP) is 2.51. The Hall–Kier alpha value is -2.34. The molecular formula is C19H26N4O2. The summed E-state index contributed by atoms with van der Waals surface area (Å²) in [6, 6.07) is 8.48. The van der Waals surface area contributed by atoms with Gasteiger partial charge in [0.1, 0.15) is 0 Å². The average molecular weight is 342 g/mol. The lowest BCUT2D eigenvalue weighted by Gasteiger charge is -2.25. The van der Waals surface area contributed by atoms with Crippen LogP contribution in [0, 0.1) is 6.92 Å². The van der Waals surface area contributed by atoms with Crippen LogP contribution in [0.5, 0.6) is 11.5 Å². The summed E-state index contributed by atoms with van der Waals surface area (Å²) < 4.78 is 10.7. The van der Waals surface area contributed by atoms with Crippen molar-refractivity contribution in [2.24, 2.45) is 0 Å². The van der Waals surface area contributed by atoms with Crippen LogP contribution in [0.4, 0.5) is 5.95 Å². The zero-order valence-corrected chi connectivity index (χ0v) is 15.4. The number of ether oxygens (including phenoxy) is 2. The molecule has 0 aliphatic carbocycles. The maximum absolute atomic E-state index is 5.40. The number of benzene rings is 1. The summed E-state index contributed by atoms with van der Waals surface area (Å²) in [6.07, 6.45) is 2.94. The van der Waals surface area contributed by atoms with Gasteiger partial charge in [-0.1, -0.05) is 6.07 Å². The lowest BCUT2D eigenvalue weighted by atomic mass is 10.2. The van der Waals surface area contributed by atoms with Gasteiger partial charge in [0.2, 0.25) is 5.95 Å². The van der Waals surface area contributed by atoms with Crippen LogP contribution in [-0.2, 0) is 6.54 Å². The lowest BCUT2D eigenvalue weighted by Crippen LogP contribution is -2.35. The summed E-state index contributed by atoms with van der Waals surface area (Å²) in [7, 11) is 5.41. The number of aromatic nitrogens is 2. The van der Waals surface area contributed by atoms with E-state index < -0.39 is 0 Å². The molecule has 1 atom stereocenters. The maximum Gasteiger partial charge on any atom is 0.225 e. The van der Waals surface area contributed by atoms with Crippen LogP contribution in [0.15, 0.2) is 30.5 Å². The summed E-state index contributed by atoms with van der Waals surface area (Å²) in [5.41, 5.74) is 2.23. The maximum atomic E-state index is 5.40. The monoisotopic (exact) mass is 342 g/mol. The van der Waals surface area contributed by atoms with Gasteiger partial charge < -0.3 is 14.4 Å². The van der Waals surface area contributed by atoms with E-state index in [-0.39, 0.29) is 0 Å². The second kappa shape index (κ2) is 7.70. The minimum Gasteiger partial charge on any atom is -0.493 e. The van der Waals surface area contributed by atoms with Gasteiger partial charge in [-0.05, 0) is 37.1 Å². The first kappa shape index (κ1) is 17.5. The molecule has 1 aliphatic heterocycles. The fourth-order valence-corrected chi connectivity index (χ4v) is 3.28. The Morgan fingerprint density at radius 3 is 2.72 bits per heavy atom. The van der Waals surface area contributed by atoms with Crippen LogP contribution < -0.4 is 14.4 Å². The molecule has 0 amide bonds. The predicted molar refractivity (Wildman–Crippen MR) is 98.4 cm³/mol. The van der Waals surface area contributed by atoms with Crippen molar-refractivity contribution >= 4 is 5.95 Å². The molecule has 1 fully saturated rings. The summed E-state index contributed by atoms with van der Waals surface area (Å²) in [5.74, 6) is 2.35. The highest BCUT2D eigenvalue weighted by Gasteiger charge is 2.27. The molecule has 0 N–H and O–H groups in total. The number of anilines is 1. The normalized spacial score (nSPS) is 17.5. The van der Waals surface area contributed by atoms with E-state index in [1.54, 1.807) is 14.2 Å². The van der Waals surface area contributed by atoms with Crippen molar-refractivity contribution in [1.82, 2.24) is 14.9 Å². The molecule has 1 aromatic heterocycles. The molecule has 1 aliphatic rings. The van der Waals surface area contributed by atoms with Crippen molar-refractivity contribution < 1.29 is 9.47 Å². The molecule has 3 rings (SSSR count). The Balaban J connectivity index is 1.63. The summed E-state index contributed by atoms with van der Waals surface area (Å²) in [6.45, 7) is 4.97. The number of methoxy groups -OCH3 is 2. The molecule has 1 saturated heterocycles. The van der Waals surface area contributed by atoms with Crippen molar-refractivity contribution in [3.05, 3.63) is 41.7 Å². The number of hydrogen-bond acceptors (Lipinski definition) is 6. The molecule has 1 unspecified atom stereocenters. The molecule has 2 heterocycles. The van der Waals surface area contributed by atoms with Crippen molar-refractivity contribution in [2.75, 3.05) is 39.3 Å². The van der Waals surface area contributed by atoms with Gasteiger partial charge >= 0.3 is 0 Å². The summed E-state index contributed by atoms with van der Waals surface area (Å²) >= 11 is 0. The number of nitrogens with zero attached hydrogens (tertiary/aromatic N) is 4. The second-order valence-electron chi connectivity index (χ2n) is 6.48. The minimum atomic E-state index is 0.432. The molecule has 0 radical (unpaired) electrons. The van der Waals surface area contributed by atoms with E-state index >= 15 is 0 Å².